The minimum absolute atomic E-state index is 0.659. The predicted octanol–water partition coefficient (Wildman–Crippen LogP) is 3.57. The van der Waals surface area contributed by atoms with Gasteiger partial charge in [0.1, 0.15) is 23.5 Å². The fraction of sp³-hybridized carbons (Fsp3) is 0.250. The van der Waals surface area contributed by atoms with Gasteiger partial charge in [-0.1, -0.05) is 31.2 Å². The van der Waals surface area contributed by atoms with E-state index in [0.29, 0.717) is 6.61 Å². The van der Waals surface area contributed by atoms with Crippen LogP contribution in [-0.2, 0) is 0 Å². The molecule has 19 heavy (non-hydrogen) atoms. The van der Waals surface area contributed by atoms with Gasteiger partial charge in [0.15, 0.2) is 0 Å². The zero-order valence-corrected chi connectivity index (χ0v) is 11.0. The summed E-state index contributed by atoms with van der Waals surface area (Å²) in [7, 11) is 0. The number of nitrogens with one attached hydrogen (secondary N) is 1. The van der Waals surface area contributed by atoms with Crippen molar-refractivity contribution in [3.63, 3.8) is 0 Å². The Hall–Kier alpha value is -2.00. The molecule has 0 bridgehead atoms. The van der Waals surface area contributed by atoms with Gasteiger partial charge in [0.25, 0.3) is 0 Å². The molecule has 0 saturated heterocycles. The highest BCUT2D eigenvalue weighted by atomic mass is 16.5. The molecule has 0 aliphatic carbocycles. The van der Waals surface area contributed by atoms with Crippen molar-refractivity contribution in [2.75, 3.05) is 19.7 Å². The van der Waals surface area contributed by atoms with Gasteiger partial charge in [-0.25, -0.2) is 0 Å². The normalized spacial score (nSPS) is 11.2. The lowest BCUT2D eigenvalue weighted by molar-refractivity contribution is 0.319. The zero-order chi connectivity index (χ0) is 13.1. The van der Waals surface area contributed by atoms with E-state index in [1.807, 2.05) is 36.4 Å². The van der Waals surface area contributed by atoms with Crippen LogP contribution in [0.3, 0.4) is 0 Å². The van der Waals surface area contributed by atoms with E-state index >= 15 is 0 Å². The second-order valence-corrected chi connectivity index (χ2v) is 4.43. The summed E-state index contributed by atoms with van der Waals surface area (Å²) in [5.41, 5.74) is 1.78. The van der Waals surface area contributed by atoms with Crippen LogP contribution in [0.1, 0.15) is 6.92 Å². The maximum absolute atomic E-state index is 5.87. The molecule has 0 saturated carbocycles. The van der Waals surface area contributed by atoms with Crippen LogP contribution in [0.25, 0.3) is 21.9 Å². The van der Waals surface area contributed by atoms with Crippen molar-refractivity contribution in [3.05, 3.63) is 42.5 Å². The average Bonchev–Trinajstić information content (AvgIpc) is 2.83. The fourth-order valence-corrected chi connectivity index (χ4v) is 2.27. The highest BCUT2D eigenvalue weighted by molar-refractivity contribution is 6.08. The summed E-state index contributed by atoms with van der Waals surface area (Å²) in [6.07, 6.45) is 0. The maximum Gasteiger partial charge on any atom is 0.139 e. The number of para-hydroxylation sites is 1. The summed E-state index contributed by atoms with van der Waals surface area (Å²) >= 11 is 0. The first-order chi connectivity index (χ1) is 9.40. The average molecular weight is 255 g/mol. The number of furan rings is 1. The Morgan fingerprint density at radius 1 is 1.05 bits per heavy atom. The first kappa shape index (κ1) is 12.1. The summed E-state index contributed by atoms with van der Waals surface area (Å²) in [4.78, 5) is 0. The first-order valence-electron chi connectivity index (χ1n) is 6.64. The van der Waals surface area contributed by atoms with Crippen molar-refractivity contribution < 1.29 is 9.15 Å². The first-order valence-corrected chi connectivity index (χ1v) is 6.64. The molecule has 1 N–H and O–H groups in total. The number of hydrogen-bond acceptors (Lipinski definition) is 3. The summed E-state index contributed by atoms with van der Waals surface area (Å²) in [6.45, 7) is 4.56. The van der Waals surface area contributed by atoms with Crippen molar-refractivity contribution in [2.24, 2.45) is 0 Å². The quantitative estimate of drug-likeness (QED) is 0.708. The van der Waals surface area contributed by atoms with E-state index < -0.39 is 0 Å². The van der Waals surface area contributed by atoms with E-state index in [2.05, 4.69) is 18.3 Å². The molecule has 3 nitrogen and oxygen atoms in total. The summed E-state index contributed by atoms with van der Waals surface area (Å²) in [5.74, 6) is 0.889. The van der Waals surface area contributed by atoms with Gasteiger partial charge in [0, 0.05) is 11.9 Å². The van der Waals surface area contributed by atoms with E-state index in [0.717, 1.165) is 40.8 Å². The van der Waals surface area contributed by atoms with Crippen molar-refractivity contribution in [1.82, 2.24) is 5.32 Å². The number of hydrogen-bond donors (Lipinski definition) is 1. The Kier molecular flexibility index (Phi) is 3.38. The van der Waals surface area contributed by atoms with Gasteiger partial charge in [-0.15, -0.1) is 0 Å². The lowest BCUT2D eigenvalue weighted by atomic mass is 10.1. The minimum Gasteiger partial charge on any atom is -0.491 e. The van der Waals surface area contributed by atoms with Crippen molar-refractivity contribution in [1.29, 1.82) is 0 Å². The van der Waals surface area contributed by atoms with Gasteiger partial charge in [-0.05, 0) is 24.7 Å². The number of fused-ring (bicyclic) bond motifs is 3. The van der Waals surface area contributed by atoms with Crippen LogP contribution in [-0.4, -0.2) is 19.7 Å². The third-order valence-corrected chi connectivity index (χ3v) is 3.15. The highest BCUT2D eigenvalue weighted by Gasteiger charge is 2.10. The number of rotatable bonds is 5. The van der Waals surface area contributed by atoms with E-state index in [4.69, 9.17) is 9.15 Å². The molecule has 0 atom stereocenters. The smallest absolute Gasteiger partial charge is 0.139 e. The molecule has 1 aromatic heterocycles. The molecule has 0 amide bonds. The fourth-order valence-electron chi connectivity index (χ4n) is 2.27. The summed E-state index contributed by atoms with van der Waals surface area (Å²) in [6, 6.07) is 14.0. The highest BCUT2D eigenvalue weighted by Crippen LogP contribution is 2.35. The molecule has 2 aromatic carbocycles. The predicted molar refractivity (Wildman–Crippen MR) is 77.8 cm³/mol. The van der Waals surface area contributed by atoms with E-state index in [-0.39, 0.29) is 0 Å². The molecule has 0 fully saturated rings. The molecule has 0 radical (unpaired) electrons. The van der Waals surface area contributed by atoms with Crippen LogP contribution in [0.15, 0.2) is 46.9 Å². The van der Waals surface area contributed by atoms with Crippen LogP contribution in [0.2, 0.25) is 0 Å². The molecule has 3 rings (SSSR count). The van der Waals surface area contributed by atoms with Gasteiger partial charge < -0.3 is 14.5 Å². The Labute approximate surface area is 112 Å². The van der Waals surface area contributed by atoms with Crippen LogP contribution < -0.4 is 10.1 Å². The Morgan fingerprint density at radius 2 is 1.89 bits per heavy atom. The van der Waals surface area contributed by atoms with Gasteiger partial charge >= 0.3 is 0 Å². The molecule has 1 heterocycles. The van der Waals surface area contributed by atoms with Gasteiger partial charge in [-0.2, -0.15) is 0 Å². The van der Waals surface area contributed by atoms with Crippen LogP contribution in [0.5, 0.6) is 5.75 Å². The number of ether oxygens (including phenoxy) is 1. The zero-order valence-electron chi connectivity index (χ0n) is 11.0. The lowest BCUT2D eigenvalue weighted by Gasteiger charge is -2.07. The topological polar surface area (TPSA) is 34.4 Å². The molecule has 0 unspecified atom stereocenters. The van der Waals surface area contributed by atoms with Crippen molar-refractivity contribution >= 4 is 21.9 Å². The summed E-state index contributed by atoms with van der Waals surface area (Å²) in [5, 5.41) is 5.42. The monoisotopic (exact) mass is 255 g/mol. The SMILES string of the molecule is CCNCCOc1cccc2oc3ccccc3c12. The van der Waals surface area contributed by atoms with Crippen molar-refractivity contribution in [3.8, 4) is 5.75 Å². The Bertz CT molecular complexity index is 687. The minimum atomic E-state index is 0.659. The number of likely N-dealkylation sites (N-methyl/N-ethyl adjacent to an activating group) is 1. The largest absolute Gasteiger partial charge is 0.491 e. The molecular weight excluding hydrogens is 238 g/mol. The van der Waals surface area contributed by atoms with E-state index in [1.54, 1.807) is 0 Å². The Balaban J connectivity index is 1.99. The molecule has 98 valence electrons. The van der Waals surface area contributed by atoms with Crippen LogP contribution in [0, 0.1) is 0 Å². The number of benzene rings is 2. The van der Waals surface area contributed by atoms with E-state index in [9.17, 15) is 0 Å². The molecule has 3 heteroatoms. The molecule has 0 spiro atoms. The Morgan fingerprint density at radius 3 is 2.79 bits per heavy atom. The standard InChI is InChI=1S/C16H17NO2/c1-2-17-10-11-18-14-8-5-9-15-16(14)12-6-3-4-7-13(12)19-15/h3-9,17H,2,10-11H2,1H3. The maximum atomic E-state index is 5.87. The van der Waals surface area contributed by atoms with Gasteiger partial charge in [0.05, 0.1) is 5.39 Å². The van der Waals surface area contributed by atoms with Crippen molar-refractivity contribution in [2.45, 2.75) is 6.92 Å². The summed E-state index contributed by atoms with van der Waals surface area (Å²) < 4.78 is 11.7. The second kappa shape index (κ2) is 5.33. The lowest BCUT2D eigenvalue weighted by Crippen LogP contribution is -2.20. The van der Waals surface area contributed by atoms with Crippen LogP contribution in [0.4, 0.5) is 0 Å². The van der Waals surface area contributed by atoms with E-state index in [1.165, 1.54) is 0 Å². The molecule has 0 aliphatic rings. The molecule has 0 aliphatic heterocycles. The third-order valence-electron chi connectivity index (χ3n) is 3.15. The van der Waals surface area contributed by atoms with Crippen LogP contribution >= 0.6 is 0 Å². The second-order valence-electron chi connectivity index (χ2n) is 4.43. The van der Waals surface area contributed by atoms with Gasteiger partial charge in [-0.3, -0.25) is 0 Å². The van der Waals surface area contributed by atoms with Gasteiger partial charge in [0.2, 0.25) is 0 Å². The third kappa shape index (κ3) is 2.29. The molecule has 3 aromatic rings. The molecular formula is C16H17NO2.